The molecule has 8 heteroatoms. The van der Waals surface area contributed by atoms with Gasteiger partial charge < -0.3 is 15.0 Å². The minimum Gasteiger partial charge on any atom is -0.497 e. The Morgan fingerprint density at radius 1 is 1.03 bits per heavy atom. The van der Waals surface area contributed by atoms with Gasteiger partial charge in [0.2, 0.25) is 0 Å². The van der Waals surface area contributed by atoms with Crippen LogP contribution in [0.15, 0.2) is 53.4 Å². The van der Waals surface area contributed by atoms with E-state index in [0.717, 1.165) is 0 Å². The third-order valence-corrected chi connectivity index (χ3v) is 6.07. The van der Waals surface area contributed by atoms with Gasteiger partial charge in [0.15, 0.2) is 0 Å². The molecule has 1 unspecified atom stereocenters. The number of hydrogen-bond donors (Lipinski definition) is 2. The van der Waals surface area contributed by atoms with Gasteiger partial charge in [0.05, 0.1) is 12.0 Å². The van der Waals surface area contributed by atoms with Crippen molar-refractivity contribution in [1.82, 2.24) is 10.2 Å². The molecule has 2 N–H and O–H groups in total. The van der Waals surface area contributed by atoms with Crippen LogP contribution < -0.4 is 14.8 Å². The van der Waals surface area contributed by atoms with Gasteiger partial charge in [-0.3, -0.25) is 9.52 Å². The van der Waals surface area contributed by atoms with E-state index in [1.807, 2.05) is 14.1 Å². The summed E-state index contributed by atoms with van der Waals surface area (Å²) in [6.07, 6.45) is 0. The molecule has 0 saturated heterocycles. The van der Waals surface area contributed by atoms with Crippen LogP contribution in [0.3, 0.4) is 0 Å². The van der Waals surface area contributed by atoms with E-state index in [9.17, 15) is 13.2 Å². The second-order valence-corrected chi connectivity index (χ2v) is 9.03. The smallest absolute Gasteiger partial charge is 0.261 e. The Balaban J connectivity index is 2.05. The van der Waals surface area contributed by atoms with E-state index in [1.54, 1.807) is 31.4 Å². The van der Waals surface area contributed by atoms with E-state index in [2.05, 4.69) is 28.8 Å². The van der Waals surface area contributed by atoms with Crippen molar-refractivity contribution >= 4 is 21.6 Å². The first-order valence-electron chi connectivity index (χ1n) is 9.35. The molecule has 0 saturated carbocycles. The third kappa shape index (κ3) is 6.20. The van der Waals surface area contributed by atoms with Crippen molar-refractivity contribution in [3.8, 4) is 5.75 Å². The zero-order valence-corrected chi connectivity index (χ0v) is 18.3. The monoisotopic (exact) mass is 419 g/mol. The molecular weight excluding hydrogens is 390 g/mol. The van der Waals surface area contributed by atoms with E-state index < -0.39 is 10.0 Å². The van der Waals surface area contributed by atoms with E-state index in [0.29, 0.717) is 29.5 Å². The number of carbonyl (C=O) groups excluding carboxylic acids is 1. The summed E-state index contributed by atoms with van der Waals surface area (Å²) in [5, 5.41) is 2.91. The first kappa shape index (κ1) is 22.7. The Morgan fingerprint density at radius 3 is 2.10 bits per heavy atom. The number of anilines is 1. The van der Waals surface area contributed by atoms with Gasteiger partial charge in [-0.25, -0.2) is 8.42 Å². The van der Waals surface area contributed by atoms with Crippen molar-refractivity contribution in [2.45, 2.75) is 24.8 Å². The van der Waals surface area contributed by atoms with E-state index >= 15 is 0 Å². The Bertz CT molecular complexity index is 900. The van der Waals surface area contributed by atoms with Gasteiger partial charge in [-0.15, -0.1) is 0 Å². The molecule has 2 aromatic carbocycles. The van der Waals surface area contributed by atoms with Gasteiger partial charge >= 0.3 is 0 Å². The molecule has 0 spiro atoms. The average molecular weight is 420 g/mol. The van der Waals surface area contributed by atoms with Crippen LogP contribution in [0.1, 0.15) is 24.2 Å². The Hall–Kier alpha value is -2.58. The summed E-state index contributed by atoms with van der Waals surface area (Å²) in [4.78, 5) is 14.6. The van der Waals surface area contributed by atoms with Gasteiger partial charge in [0.1, 0.15) is 5.75 Å². The van der Waals surface area contributed by atoms with Crippen LogP contribution >= 0.6 is 0 Å². The van der Waals surface area contributed by atoms with Crippen molar-refractivity contribution in [3.05, 3.63) is 54.1 Å². The minimum absolute atomic E-state index is 0.0817. The molecule has 0 aromatic heterocycles. The minimum atomic E-state index is -3.75. The lowest BCUT2D eigenvalue weighted by molar-refractivity contribution is 0.0934. The van der Waals surface area contributed by atoms with Crippen LogP contribution in [0.2, 0.25) is 0 Å². The summed E-state index contributed by atoms with van der Waals surface area (Å²) in [5.41, 5.74) is 0.839. The van der Waals surface area contributed by atoms with Crippen LogP contribution in [0.5, 0.6) is 5.75 Å². The SMILES string of the molecule is COc1ccc(NS(=O)(=O)c2ccc(C(=O)NCC(C(C)C)N(C)C)cc2)cc1. The van der Waals surface area contributed by atoms with Crippen molar-refractivity contribution in [1.29, 1.82) is 0 Å². The van der Waals surface area contributed by atoms with Crippen molar-refractivity contribution < 1.29 is 17.9 Å². The number of methoxy groups -OCH3 is 1. The van der Waals surface area contributed by atoms with E-state index in [4.69, 9.17) is 4.74 Å². The van der Waals surface area contributed by atoms with E-state index in [-0.39, 0.29) is 16.8 Å². The molecule has 0 aliphatic carbocycles. The molecule has 7 nitrogen and oxygen atoms in total. The summed E-state index contributed by atoms with van der Waals surface area (Å²) in [7, 11) is 1.75. The number of hydrogen-bond acceptors (Lipinski definition) is 5. The molecule has 0 radical (unpaired) electrons. The second-order valence-electron chi connectivity index (χ2n) is 7.34. The number of sulfonamides is 1. The van der Waals surface area contributed by atoms with Gasteiger partial charge in [-0.1, -0.05) is 13.8 Å². The third-order valence-electron chi connectivity index (χ3n) is 4.67. The normalized spacial score (nSPS) is 12.7. The van der Waals surface area contributed by atoms with Gasteiger partial charge in [-0.2, -0.15) is 0 Å². The average Bonchev–Trinajstić information content (AvgIpc) is 2.68. The van der Waals surface area contributed by atoms with Gasteiger partial charge in [-0.05, 0) is 68.5 Å². The number of nitrogens with zero attached hydrogens (tertiary/aromatic N) is 1. The summed E-state index contributed by atoms with van der Waals surface area (Å²) < 4.78 is 32.7. The molecule has 1 atom stereocenters. The number of rotatable bonds is 9. The number of likely N-dealkylation sites (N-methyl/N-ethyl adjacent to an activating group) is 1. The largest absolute Gasteiger partial charge is 0.497 e. The highest BCUT2D eigenvalue weighted by atomic mass is 32.2. The Morgan fingerprint density at radius 2 is 1.62 bits per heavy atom. The standard InChI is InChI=1S/C21H29N3O4S/c1-15(2)20(24(3)4)14-22-21(25)16-6-12-19(13-7-16)29(26,27)23-17-8-10-18(28-5)11-9-17/h6-13,15,20,23H,14H2,1-5H3,(H,22,25). The summed E-state index contributed by atoms with van der Waals surface area (Å²) in [6, 6.07) is 12.7. The lowest BCUT2D eigenvalue weighted by Crippen LogP contribution is -2.43. The number of ether oxygens (including phenoxy) is 1. The molecule has 0 aliphatic heterocycles. The van der Waals surface area contributed by atoms with Crippen molar-refractivity contribution in [3.63, 3.8) is 0 Å². The molecule has 0 heterocycles. The summed E-state index contributed by atoms with van der Waals surface area (Å²) in [6.45, 7) is 4.72. The highest BCUT2D eigenvalue weighted by Crippen LogP contribution is 2.19. The fraction of sp³-hybridized carbons (Fsp3) is 0.381. The fourth-order valence-electron chi connectivity index (χ4n) is 2.97. The van der Waals surface area contributed by atoms with Gasteiger partial charge in [0.25, 0.3) is 15.9 Å². The maximum absolute atomic E-state index is 12.6. The second kappa shape index (κ2) is 9.76. The molecule has 1 amide bonds. The zero-order valence-electron chi connectivity index (χ0n) is 17.5. The number of carbonyl (C=O) groups is 1. The maximum atomic E-state index is 12.6. The van der Waals surface area contributed by atoms with Crippen LogP contribution in [0.4, 0.5) is 5.69 Å². The summed E-state index contributed by atoms with van der Waals surface area (Å²) >= 11 is 0. The topological polar surface area (TPSA) is 87.7 Å². The van der Waals surface area contributed by atoms with E-state index in [1.165, 1.54) is 24.3 Å². The highest BCUT2D eigenvalue weighted by molar-refractivity contribution is 7.92. The Labute approximate surface area is 173 Å². The predicted molar refractivity (Wildman–Crippen MR) is 115 cm³/mol. The molecule has 2 aromatic rings. The maximum Gasteiger partial charge on any atom is 0.261 e. The molecule has 0 aliphatic rings. The number of amides is 1. The quantitative estimate of drug-likeness (QED) is 0.653. The van der Waals surface area contributed by atoms with Crippen LogP contribution in [0, 0.1) is 5.92 Å². The first-order valence-corrected chi connectivity index (χ1v) is 10.8. The molecule has 29 heavy (non-hydrogen) atoms. The molecule has 2 rings (SSSR count). The number of benzene rings is 2. The van der Waals surface area contributed by atoms with Crippen molar-refractivity contribution in [2.75, 3.05) is 32.5 Å². The zero-order chi connectivity index (χ0) is 21.6. The predicted octanol–water partition coefficient (Wildman–Crippen LogP) is 2.81. The lowest BCUT2D eigenvalue weighted by Gasteiger charge is -2.28. The summed E-state index contributed by atoms with van der Waals surface area (Å²) in [5.74, 6) is 0.795. The fourth-order valence-corrected chi connectivity index (χ4v) is 4.03. The molecular formula is C21H29N3O4S. The van der Waals surface area contributed by atoms with Crippen molar-refractivity contribution in [2.24, 2.45) is 5.92 Å². The highest BCUT2D eigenvalue weighted by Gasteiger charge is 2.18. The van der Waals surface area contributed by atoms with Crippen LogP contribution in [-0.4, -0.2) is 53.0 Å². The molecule has 0 bridgehead atoms. The van der Waals surface area contributed by atoms with Gasteiger partial charge in [0, 0.05) is 23.8 Å². The van der Waals surface area contributed by atoms with Crippen LogP contribution in [-0.2, 0) is 10.0 Å². The Kier molecular flexibility index (Phi) is 7.64. The molecule has 0 fully saturated rings. The molecule has 158 valence electrons. The first-order chi connectivity index (χ1) is 13.6. The van der Waals surface area contributed by atoms with Crippen LogP contribution in [0.25, 0.3) is 0 Å². The lowest BCUT2D eigenvalue weighted by atomic mass is 10.0. The number of nitrogens with one attached hydrogen (secondary N) is 2.